The van der Waals surface area contributed by atoms with E-state index in [1.807, 2.05) is 0 Å². The number of hydrogen-bond donors (Lipinski definition) is 1. The van der Waals surface area contributed by atoms with Crippen molar-refractivity contribution in [3.05, 3.63) is 0 Å². The Balaban J connectivity index is 2.04. The van der Waals surface area contributed by atoms with Gasteiger partial charge < -0.3 is 10.1 Å². The summed E-state index contributed by atoms with van der Waals surface area (Å²) < 4.78 is 5.39. The van der Waals surface area contributed by atoms with Crippen molar-refractivity contribution in [2.24, 2.45) is 0 Å². The number of carbonyl (C=O) groups is 1. The lowest BCUT2D eigenvalue weighted by molar-refractivity contribution is -0.121. The normalized spacial score (nSPS) is 21.0. The van der Waals surface area contributed by atoms with Crippen molar-refractivity contribution in [1.29, 1.82) is 0 Å². The summed E-state index contributed by atoms with van der Waals surface area (Å²) in [5, 5.41) is 2.63. The van der Waals surface area contributed by atoms with Crippen LogP contribution in [0.2, 0.25) is 0 Å². The third-order valence-electron chi connectivity index (χ3n) is 2.10. The highest BCUT2D eigenvalue weighted by atomic mass is 16.5. The number of carbonyl (C=O) groups excluding carboxylic acids is 1. The van der Waals surface area contributed by atoms with E-state index < -0.39 is 0 Å². The quantitative estimate of drug-likeness (QED) is 0.648. The molecule has 0 aromatic heterocycles. The molecule has 1 heterocycles. The zero-order chi connectivity index (χ0) is 9.52. The van der Waals surface area contributed by atoms with Crippen LogP contribution in [0.3, 0.4) is 0 Å². The van der Waals surface area contributed by atoms with Gasteiger partial charge in [-0.15, -0.1) is 6.42 Å². The Morgan fingerprint density at radius 3 is 3.15 bits per heavy atom. The molecular formula is C10H15NO2. The highest BCUT2D eigenvalue weighted by molar-refractivity contribution is 5.76. The first-order chi connectivity index (χ1) is 6.33. The fraction of sp³-hybridized carbons (Fsp3) is 0.700. The number of amides is 1. The van der Waals surface area contributed by atoms with Crippen molar-refractivity contribution in [1.82, 2.24) is 5.32 Å². The Labute approximate surface area is 78.8 Å². The largest absolute Gasteiger partial charge is 0.378 e. The van der Waals surface area contributed by atoms with E-state index in [9.17, 15) is 4.79 Å². The molecule has 3 nitrogen and oxygen atoms in total. The SMILES string of the molecule is C#CCNC(=O)CCC1CCCO1. The molecule has 0 radical (unpaired) electrons. The van der Waals surface area contributed by atoms with Gasteiger partial charge in [0.2, 0.25) is 5.91 Å². The molecule has 1 atom stereocenters. The lowest BCUT2D eigenvalue weighted by Crippen LogP contribution is -2.24. The van der Waals surface area contributed by atoms with E-state index in [0.717, 1.165) is 25.9 Å². The molecule has 1 aliphatic rings. The summed E-state index contributed by atoms with van der Waals surface area (Å²) in [6, 6.07) is 0. The molecule has 0 aromatic rings. The number of nitrogens with one attached hydrogen (secondary N) is 1. The summed E-state index contributed by atoms with van der Waals surface area (Å²) in [6.45, 7) is 1.17. The van der Waals surface area contributed by atoms with E-state index in [-0.39, 0.29) is 12.0 Å². The second kappa shape index (κ2) is 5.60. The molecule has 1 aliphatic heterocycles. The van der Waals surface area contributed by atoms with E-state index in [2.05, 4.69) is 11.2 Å². The fourth-order valence-electron chi connectivity index (χ4n) is 1.40. The first-order valence-corrected chi connectivity index (χ1v) is 4.64. The minimum absolute atomic E-state index is 0.0217. The molecule has 0 bridgehead atoms. The van der Waals surface area contributed by atoms with E-state index in [1.165, 1.54) is 0 Å². The summed E-state index contributed by atoms with van der Waals surface area (Å²) >= 11 is 0. The van der Waals surface area contributed by atoms with Crippen LogP contribution in [0, 0.1) is 12.3 Å². The molecule has 1 N–H and O–H groups in total. The number of ether oxygens (including phenoxy) is 1. The molecular weight excluding hydrogens is 166 g/mol. The maximum Gasteiger partial charge on any atom is 0.220 e. The van der Waals surface area contributed by atoms with Crippen LogP contribution in [-0.4, -0.2) is 25.2 Å². The van der Waals surface area contributed by atoms with Crippen molar-refractivity contribution < 1.29 is 9.53 Å². The predicted octanol–water partition coefficient (Wildman–Crippen LogP) is 0.695. The van der Waals surface area contributed by atoms with Crippen molar-refractivity contribution in [2.45, 2.75) is 31.8 Å². The average Bonchev–Trinajstić information content (AvgIpc) is 2.64. The Morgan fingerprint density at radius 1 is 1.69 bits per heavy atom. The fourth-order valence-corrected chi connectivity index (χ4v) is 1.40. The van der Waals surface area contributed by atoms with Gasteiger partial charge in [-0.1, -0.05) is 5.92 Å². The molecule has 0 spiro atoms. The zero-order valence-electron chi connectivity index (χ0n) is 7.71. The maximum absolute atomic E-state index is 11.1. The van der Waals surface area contributed by atoms with Gasteiger partial charge in [-0.2, -0.15) is 0 Å². The predicted molar refractivity (Wildman–Crippen MR) is 50.1 cm³/mol. The number of hydrogen-bond acceptors (Lipinski definition) is 2. The summed E-state index contributed by atoms with van der Waals surface area (Å²) in [7, 11) is 0. The standard InChI is InChI=1S/C10H15NO2/c1-2-7-11-10(12)6-5-9-4-3-8-13-9/h1,9H,3-8H2,(H,11,12). The third kappa shape index (κ3) is 3.95. The Hall–Kier alpha value is -1.01. The second-order valence-corrected chi connectivity index (χ2v) is 3.15. The van der Waals surface area contributed by atoms with Gasteiger partial charge in [0.05, 0.1) is 12.6 Å². The van der Waals surface area contributed by atoms with Gasteiger partial charge in [0, 0.05) is 13.0 Å². The number of terminal acetylenes is 1. The van der Waals surface area contributed by atoms with Gasteiger partial charge in [0.25, 0.3) is 0 Å². The molecule has 13 heavy (non-hydrogen) atoms. The van der Waals surface area contributed by atoms with E-state index in [4.69, 9.17) is 11.2 Å². The van der Waals surface area contributed by atoms with Crippen molar-refractivity contribution in [3.63, 3.8) is 0 Å². The molecule has 0 aliphatic carbocycles. The first kappa shape index (κ1) is 10.1. The molecule has 0 aromatic carbocycles. The van der Waals surface area contributed by atoms with Crippen LogP contribution < -0.4 is 5.32 Å². The molecule has 0 saturated carbocycles. The average molecular weight is 181 g/mol. The van der Waals surface area contributed by atoms with Crippen LogP contribution in [-0.2, 0) is 9.53 Å². The smallest absolute Gasteiger partial charge is 0.220 e. The topological polar surface area (TPSA) is 38.3 Å². The van der Waals surface area contributed by atoms with Gasteiger partial charge >= 0.3 is 0 Å². The maximum atomic E-state index is 11.1. The van der Waals surface area contributed by atoms with Crippen LogP contribution >= 0.6 is 0 Å². The van der Waals surface area contributed by atoms with Gasteiger partial charge in [0.15, 0.2) is 0 Å². The van der Waals surface area contributed by atoms with Crippen molar-refractivity contribution >= 4 is 5.91 Å². The summed E-state index contributed by atoms with van der Waals surface area (Å²) in [5.74, 6) is 2.39. The Morgan fingerprint density at radius 2 is 2.54 bits per heavy atom. The Kier molecular flexibility index (Phi) is 4.34. The van der Waals surface area contributed by atoms with Gasteiger partial charge in [-0.05, 0) is 19.3 Å². The number of rotatable bonds is 4. The summed E-state index contributed by atoms with van der Waals surface area (Å²) in [6.07, 6.45) is 8.84. The first-order valence-electron chi connectivity index (χ1n) is 4.64. The summed E-state index contributed by atoms with van der Waals surface area (Å²) in [4.78, 5) is 11.1. The highest BCUT2D eigenvalue weighted by Crippen LogP contribution is 2.16. The summed E-state index contributed by atoms with van der Waals surface area (Å²) in [5.41, 5.74) is 0. The lowest BCUT2D eigenvalue weighted by atomic mass is 10.1. The van der Waals surface area contributed by atoms with Crippen LogP contribution in [0.15, 0.2) is 0 Å². The van der Waals surface area contributed by atoms with Gasteiger partial charge in [0.1, 0.15) is 0 Å². The molecule has 1 fully saturated rings. The second-order valence-electron chi connectivity index (χ2n) is 3.15. The van der Waals surface area contributed by atoms with Crippen LogP contribution in [0.25, 0.3) is 0 Å². The van der Waals surface area contributed by atoms with Crippen molar-refractivity contribution in [3.8, 4) is 12.3 Å². The lowest BCUT2D eigenvalue weighted by Gasteiger charge is -2.07. The minimum atomic E-state index is 0.0217. The highest BCUT2D eigenvalue weighted by Gasteiger charge is 2.16. The Bertz CT molecular complexity index is 201. The molecule has 1 amide bonds. The molecule has 1 unspecified atom stereocenters. The molecule has 1 rings (SSSR count). The van der Waals surface area contributed by atoms with Crippen LogP contribution in [0.5, 0.6) is 0 Å². The monoisotopic (exact) mass is 181 g/mol. The van der Waals surface area contributed by atoms with E-state index in [0.29, 0.717) is 13.0 Å². The van der Waals surface area contributed by atoms with Crippen molar-refractivity contribution in [2.75, 3.05) is 13.2 Å². The van der Waals surface area contributed by atoms with Crippen LogP contribution in [0.4, 0.5) is 0 Å². The zero-order valence-corrected chi connectivity index (χ0v) is 7.71. The minimum Gasteiger partial charge on any atom is -0.378 e. The van der Waals surface area contributed by atoms with E-state index >= 15 is 0 Å². The molecule has 72 valence electrons. The van der Waals surface area contributed by atoms with Crippen LogP contribution in [0.1, 0.15) is 25.7 Å². The molecule has 1 saturated heterocycles. The van der Waals surface area contributed by atoms with E-state index in [1.54, 1.807) is 0 Å². The third-order valence-corrected chi connectivity index (χ3v) is 2.10. The van der Waals surface area contributed by atoms with Gasteiger partial charge in [-0.25, -0.2) is 0 Å². The molecule has 3 heteroatoms. The van der Waals surface area contributed by atoms with Gasteiger partial charge in [-0.3, -0.25) is 4.79 Å².